The molecule has 1 aliphatic rings. The van der Waals surface area contributed by atoms with E-state index in [1.54, 1.807) is 0 Å². The molecule has 1 saturated carbocycles. The van der Waals surface area contributed by atoms with E-state index in [0.29, 0.717) is 18.8 Å². The second kappa shape index (κ2) is 6.97. The highest BCUT2D eigenvalue weighted by Gasteiger charge is 2.40. The van der Waals surface area contributed by atoms with Gasteiger partial charge in [0.1, 0.15) is 0 Å². The van der Waals surface area contributed by atoms with Gasteiger partial charge < -0.3 is 10.5 Å². The zero-order chi connectivity index (χ0) is 14.5. The molecule has 0 aromatic carbocycles. The van der Waals surface area contributed by atoms with Crippen molar-refractivity contribution in [3.05, 3.63) is 0 Å². The predicted octanol–water partition coefficient (Wildman–Crippen LogP) is 1.18. The highest BCUT2D eigenvalue weighted by atomic mass is 32.2. The first-order valence-electron chi connectivity index (χ1n) is 6.65. The lowest BCUT2D eigenvalue weighted by atomic mass is 9.76. The molecule has 0 amide bonds. The highest BCUT2D eigenvalue weighted by Crippen LogP contribution is 2.34. The quantitative estimate of drug-likeness (QED) is 0.690. The van der Waals surface area contributed by atoms with Gasteiger partial charge in [0.15, 0.2) is 0 Å². The SMILES string of the molecule is CCC1CCC(NS(=O)(=O)CCOC)(C(N)=S)CC1. The third-order valence-electron chi connectivity index (χ3n) is 3.91. The van der Waals surface area contributed by atoms with Crippen molar-refractivity contribution in [2.75, 3.05) is 19.5 Å². The molecule has 0 saturated heterocycles. The van der Waals surface area contributed by atoms with Crippen LogP contribution in [0.1, 0.15) is 39.0 Å². The van der Waals surface area contributed by atoms with E-state index in [9.17, 15) is 8.42 Å². The Bertz CT molecular complexity index is 401. The van der Waals surface area contributed by atoms with Crippen LogP contribution >= 0.6 is 12.2 Å². The normalized spacial score (nSPS) is 28.2. The van der Waals surface area contributed by atoms with Crippen molar-refractivity contribution in [2.24, 2.45) is 11.7 Å². The van der Waals surface area contributed by atoms with Gasteiger partial charge in [-0.05, 0) is 31.6 Å². The van der Waals surface area contributed by atoms with Gasteiger partial charge in [-0.1, -0.05) is 25.6 Å². The number of methoxy groups -OCH3 is 1. The third-order valence-corrected chi connectivity index (χ3v) is 5.71. The number of nitrogens with one attached hydrogen (secondary N) is 1. The average Bonchev–Trinajstić information content (AvgIpc) is 2.36. The topological polar surface area (TPSA) is 81.4 Å². The van der Waals surface area contributed by atoms with Crippen molar-refractivity contribution < 1.29 is 13.2 Å². The van der Waals surface area contributed by atoms with Crippen LogP contribution in [0.25, 0.3) is 0 Å². The van der Waals surface area contributed by atoms with E-state index in [0.717, 1.165) is 19.3 Å². The third kappa shape index (κ3) is 4.66. The Balaban J connectivity index is 2.76. The van der Waals surface area contributed by atoms with E-state index in [1.165, 1.54) is 7.11 Å². The smallest absolute Gasteiger partial charge is 0.214 e. The van der Waals surface area contributed by atoms with Crippen molar-refractivity contribution in [1.82, 2.24) is 4.72 Å². The molecule has 1 rings (SSSR count). The first kappa shape index (κ1) is 16.8. The molecule has 0 unspecified atom stereocenters. The van der Waals surface area contributed by atoms with Gasteiger partial charge in [0.25, 0.3) is 0 Å². The molecule has 19 heavy (non-hydrogen) atoms. The van der Waals surface area contributed by atoms with Crippen molar-refractivity contribution in [2.45, 2.75) is 44.6 Å². The lowest BCUT2D eigenvalue weighted by Crippen LogP contribution is -2.58. The highest BCUT2D eigenvalue weighted by molar-refractivity contribution is 7.89. The van der Waals surface area contributed by atoms with Crippen LogP contribution in [-0.4, -0.2) is 38.4 Å². The summed E-state index contributed by atoms with van der Waals surface area (Å²) < 4.78 is 31.5. The van der Waals surface area contributed by atoms with E-state index < -0.39 is 15.6 Å². The van der Waals surface area contributed by atoms with E-state index in [4.69, 9.17) is 22.7 Å². The predicted molar refractivity (Wildman–Crippen MR) is 80.6 cm³/mol. The molecular formula is C12H24N2O3S2. The number of nitrogens with two attached hydrogens (primary N) is 1. The summed E-state index contributed by atoms with van der Waals surface area (Å²) >= 11 is 5.10. The zero-order valence-corrected chi connectivity index (χ0v) is 13.3. The zero-order valence-electron chi connectivity index (χ0n) is 11.6. The summed E-state index contributed by atoms with van der Waals surface area (Å²) in [7, 11) is -1.94. The van der Waals surface area contributed by atoms with Crippen LogP contribution in [0.4, 0.5) is 0 Å². The van der Waals surface area contributed by atoms with Crippen LogP contribution < -0.4 is 10.5 Å². The Kier molecular flexibility index (Phi) is 6.16. The number of hydrogen-bond donors (Lipinski definition) is 2. The Hall–Kier alpha value is -0.240. The fourth-order valence-electron chi connectivity index (χ4n) is 2.52. The molecule has 0 aliphatic heterocycles. The average molecular weight is 308 g/mol. The van der Waals surface area contributed by atoms with Crippen molar-refractivity contribution in [3.63, 3.8) is 0 Å². The standard InChI is InChI=1S/C12H24N2O3S2/c1-3-10-4-6-12(7-5-10,11(13)18)14-19(15,16)9-8-17-2/h10,14H,3-9H2,1-2H3,(H2,13,18). The van der Waals surface area contributed by atoms with Crippen molar-refractivity contribution in [3.8, 4) is 0 Å². The molecule has 3 N–H and O–H groups in total. The number of rotatable bonds is 7. The van der Waals surface area contributed by atoms with Crippen molar-refractivity contribution >= 4 is 27.2 Å². The van der Waals surface area contributed by atoms with Gasteiger partial charge in [-0.3, -0.25) is 0 Å². The Morgan fingerprint density at radius 2 is 2.05 bits per heavy atom. The molecule has 7 heteroatoms. The molecule has 0 aromatic heterocycles. The van der Waals surface area contributed by atoms with E-state index in [-0.39, 0.29) is 17.3 Å². The second-order valence-electron chi connectivity index (χ2n) is 5.21. The van der Waals surface area contributed by atoms with Gasteiger partial charge in [0.2, 0.25) is 10.0 Å². The van der Waals surface area contributed by atoms with Gasteiger partial charge in [-0.25, -0.2) is 13.1 Å². The molecule has 0 radical (unpaired) electrons. The summed E-state index contributed by atoms with van der Waals surface area (Å²) in [4.78, 5) is 0.253. The molecule has 0 spiro atoms. The monoisotopic (exact) mass is 308 g/mol. The van der Waals surface area contributed by atoms with Crippen LogP contribution in [0.15, 0.2) is 0 Å². The molecule has 1 fully saturated rings. The lowest BCUT2D eigenvalue weighted by Gasteiger charge is -2.39. The van der Waals surface area contributed by atoms with Crippen LogP contribution in [0.2, 0.25) is 0 Å². The van der Waals surface area contributed by atoms with Gasteiger partial charge in [-0.15, -0.1) is 0 Å². The Morgan fingerprint density at radius 3 is 2.47 bits per heavy atom. The summed E-state index contributed by atoms with van der Waals surface area (Å²) in [6.07, 6.45) is 4.41. The fourth-order valence-corrected chi connectivity index (χ4v) is 4.24. The summed E-state index contributed by atoms with van der Waals surface area (Å²) in [5.74, 6) is 0.580. The second-order valence-corrected chi connectivity index (χ2v) is 7.49. The van der Waals surface area contributed by atoms with Crippen molar-refractivity contribution in [1.29, 1.82) is 0 Å². The maximum absolute atomic E-state index is 12.0. The molecule has 0 aromatic rings. The molecule has 0 atom stereocenters. The molecule has 5 nitrogen and oxygen atoms in total. The van der Waals surface area contributed by atoms with Crippen LogP contribution in [0.5, 0.6) is 0 Å². The molecule has 0 bridgehead atoms. The molecule has 0 heterocycles. The Labute approximate surface area is 121 Å². The minimum atomic E-state index is -3.41. The van der Waals surface area contributed by atoms with Gasteiger partial charge in [-0.2, -0.15) is 0 Å². The summed E-state index contributed by atoms with van der Waals surface area (Å²) in [6, 6.07) is 0. The fraction of sp³-hybridized carbons (Fsp3) is 0.917. The number of sulfonamides is 1. The van der Waals surface area contributed by atoms with Gasteiger partial charge in [0, 0.05) is 7.11 Å². The van der Waals surface area contributed by atoms with E-state index in [1.807, 2.05) is 0 Å². The van der Waals surface area contributed by atoms with Crippen LogP contribution in [-0.2, 0) is 14.8 Å². The molecular weight excluding hydrogens is 284 g/mol. The van der Waals surface area contributed by atoms with E-state index in [2.05, 4.69) is 11.6 Å². The molecule has 1 aliphatic carbocycles. The largest absolute Gasteiger partial charge is 0.392 e. The first-order valence-corrected chi connectivity index (χ1v) is 8.72. The van der Waals surface area contributed by atoms with E-state index >= 15 is 0 Å². The van der Waals surface area contributed by atoms with Crippen LogP contribution in [0, 0.1) is 5.92 Å². The summed E-state index contributed by atoms with van der Waals surface area (Å²) in [5, 5.41) is 0. The number of thiocarbonyl (C=S) groups is 1. The summed E-state index contributed by atoms with van der Waals surface area (Å²) in [6.45, 7) is 2.32. The number of ether oxygens (including phenoxy) is 1. The van der Waals surface area contributed by atoms with Crippen LogP contribution in [0.3, 0.4) is 0 Å². The maximum atomic E-state index is 12.0. The summed E-state index contributed by atoms with van der Waals surface area (Å²) in [5.41, 5.74) is 5.06. The van der Waals surface area contributed by atoms with Gasteiger partial charge in [0.05, 0.1) is 22.9 Å². The lowest BCUT2D eigenvalue weighted by molar-refractivity contribution is 0.216. The minimum Gasteiger partial charge on any atom is -0.392 e. The first-order chi connectivity index (χ1) is 8.85. The number of hydrogen-bond acceptors (Lipinski definition) is 4. The van der Waals surface area contributed by atoms with Gasteiger partial charge >= 0.3 is 0 Å². The molecule has 112 valence electrons. The maximum Gasteiger partial charge on any atom is 0.214 e. The Morgan fingerprint density at radius 1 is 1.47 bits per heavy atom. The minimum absolute atomic E-state index is 0.0644.